The van der Waals surface area contributed by atoms with E-state index in [0.29, 0.717) is 28.4 Å². The predicted molar refractivity (Wildman–Crippen MR) is 103 cm³/mol. The zero-order valence-electron chi connectivity index (χ0n) is 14.6. The molecular weight excluding hydrogens is 369 g/mol. The van der Waals surface area contributed by atoms with Gasteiger partial charge in [0.1, 0.15) is 11.5 Å². The summed E-state index contributed by atoms with van der Waals surface area (Å²) in [5.41, 5.74) is 0.520. The first-order chi connectivity index (χ1) is 12.4. The second kappa shape index (κ2) is 6.00. The van der Waals surface area contributed by atoms with Gasteiger partial charge in [-0.1, -0.05) is 23.2 Å². The number of hydrogen-bond acceptors (Lipinski definition) is 3. The quantitative estimate of drug-likeness (QED) is 0.730. The van der Waals surface area contributed by atoms with Crippen LogP contribution < -0.4 is 5.32 Å². The summed E-state index contributed by atoms with van der Waals surface area (Å²) in [6.45, 7) is 0.684. The van der Waals surface area contributed by atoms with Gasteiger partial charge >= 0.3 is 0 Å². The van der Waals surface area contributed by atoms with Gasteiger partial charge in [-0.25, -0.2) is 0 Å². The van der Waals surface area contributed by atoms with E-state index in [9.17, 15) is 5.11 Å². The van der Waals surface area contributed by atoms with Crippen molar-refractivity contribution in [3.8, 4) is 11.3 Å². The second-order valence-electron chi connectivity index (χ2n) is 8.74. The van der Waals surface area contributed by atoms with Gasteiger partial charge in [0, 0.05) is 21.1 Å². The van der Waals surface area contributed by atoms with Gasteiger partial charge in [0.05, 0.1) is 12.1 Å². The average Bonchev–Trinajstić information content (AvgIpc) is 2.99. The largest absolute Gasteiger partial charge is 0.460 e. The van der Waals surface area contributed by atoms with Crippen LogP contribution in [0.1, 0.15) is 44.3 Å². The van der Waals surface area contributed by atoms with E-state index >= 15 is 0 Å². The monoisotopic (exact) mass is 391 g/mol. The highest BCUT2D eigenvalue weighted by atomic mass is 35.5. The zero-order chi connectivity index (χ0) is 17.9. The van der Waals surface area contributed by atoms with Crippen LogP contribution in [-0.4, -0.2) is 16.2 Å². The van der Waals surface area contributed by atoms with Gasteiger partial charge in [-0.2, -0.15) is 0 Å². The molecule has 0 spiro atoms. The van der Waals surface area contributed by atoms with Gasteiger partial charge in [0.15, 0.2) is 0 Å². The third-order valence-corrected chi connectivity index (χ3v) is 6.91. The molecule has 26 heavy (non-hydrogen) atoms. The Hall–Kier alpha value is -1.00. The highest BCUT2D eigenvalue weighted by Crippen LogP contribution is 2.57. The lowest BCUT2D eigenvalue weighted by Crippen LogP contribution is -2.64. The van der Waals surface area contributed by atoms with Crippen LogP contribution in [0, 0.1) is 11.8 Å². The van der Waals surface area contributed by atoms with Crippen molar-refractivity contribution in [2.45, 2.75) is 56.2 Å². The van der Waals surface area contributed by atoms with E-state index in [1.807, 2.05) is 24.3 Å². The lowest BCUT2D eigenvalue weighted by atomic mass is 9.51. The molecule has 4 aliphatic rings. The third kappa shape index (κ3) is 3.09. The molecule has 138 valence electrons. The average molecular weight is 392 g/mol. The van der Waals surface area contributed by atoms with Crippen molar-refractivity contribution in [1.29, 1.82) is 0 Å². The molecule has 2 N–H and O–H groups in total. The number of halogens is 2. The summed E-state index contributed by atoms with van der Waals surface area (Å²) in [6, 6.07) is 9.41. The van der Waals surface area contributed by atoms with E-state index in [2.05, 4.69) is 5.32 Å². The summed E-state index contributed by atoms with van der Waals surface area (Å²) in [5, 5.41) is 15.8. The first-order valence-electron chi connectivity index (χ1n) is 9.43. The Kier molecular flexibility index (Phi) is 3.95. The van der Waals surface area contributed by atoms with Crippen molar-refractivity contribution in [1.82, 2.24) is 5.32 Å². The highest BCUT2D eigenvalue weighted by molar-refractivity contribution is 6.35. The molecule has 0 amide bonds. The number of furan rings is 1. The molecule has 4 bridgehead atoms. The summed E-state index contributed by atoms with van der Waals surface area (Å²) >= 11 is 12.2. The molecule has 0 aliphatic heterocycles. The number of benzene rings is 1. The fourth-order valence-corrected chi connectivity index (χ4v) is 6.55. The normalized spacial score (nSPS) is 35.2. The van der Waals surface area contributed by atoms with E-state index in [4.69, 9.17) is 27.6 Å². The minimum Gasteiger partial charge on any atom is -0.460 e. The molecule has 0 radical (unpaired) electrons. The molecule has 2 aromatic rings. The molecule has 5 heteroatoms. The number of rotatable bonds is 4. The van der Waals surface area contributed by atoms with Gasteiger partial charge in [-0.05, 0) is 80.7 Å². The van der Waals surface area contributed by atoms with E-state index in [0.717, 1.165) is 36.3 Å². The summed E-state index contributed by atoms with van der Waals surface area (Å²) in [6.07, 6.45) is 6.53. The Morgan fingerprint density at radius 3 is 2.38 bits per heavy atom. The van der Waals surface area contributed by atoms with Crippen LogP contribution in [0.2, 0.25) is 10.0 Å². The van der Waals surface area contributed by atoms with Crippen molar-refractivity contribution < 1.29 is 9.52 Å². The standard InChI is InChI=1S/C21H23Cl2NO2/c22-16-4-15(5-17(23)6-16)19-2-1-18(26-19)11-24-20-7-13-3-14(8-20)10-21(25,9-13)12-20/h1-2,4-6,13-14,24-25H,3,7-12H2. The number of aliphatic hydroxyl groups is 1. The van der Waals surface area contributed by atoms with Crippen LogP contribution in [-0.2, 0) is 6.54 Å². The predicted octanol–water partition coefficient (Wildman–Crippen LogP) is 5.43. The molecule has 0 saturated heterocycles. The van der Waals surface area contributed by atoms with Gasteiger partial charge in [0.25, 0.3) is 0 Å². The van der Waals surface area contributed by atoms with Crippen molar-refractivity contribution in [3.63, 3.8) is 0 Å². The molecule has 1 aromatic carbocycles. The van der Waals surface area contributed by atoms with Crippen molar-refractivity contribution >= 4 is 23.2 Å². The van der Waals surface area contributed by atoms with Gasteiger partial charge in [0.2, 0.25) is 0 Å². The Balaban J connectivity index is 1.31. The Morgan fingerprint density at radius 2 is 1.73 bits per heavy atom. The summed E-state index contributed by atoms with van der Waals surface area (Å²) in [4.78, 5) is 0. The SMILES string of the molecule is OC12CC3CC(C1)CC(NCc1ccc(-c4cc(Cl)cc(Cl)c4)o1)(C3)C2. The van der Waals surface area contributed by atoms with E-state index in [1.54, 1.807) is 6.07 Å². The van der Waals surface area contributed by atoms with Gasteiger partial charge < -0.3 is 14.8 Å². The molecule has 4 saturated carbocycles. The first-order valence-corrected chi connectivity index (χ1v) is 10.2. The Morgan fingerprint density at radius 1 is 1.04 bits per heavy atom. The third-order valence-electron chi connectivity index (χ3n) is 6.48. The maximum Gasteiger partial charge on any atom is 0.134 e. The van der Waals surface area contributed by atoms with Crippen LogP contribution in [0.25, 0.3) is 11.3 Å². The lowest BCUT2D eigenvalue weighted by Gasteiger charge is -2.60. The fraction of sp³-hybridized carbons (Fsp3) is 0.524. The molecule has 3 nitrogen and oxygen atoms in total. The highest BCUT2D eigenvalue weighted by Gasteiger charge is 2.56. The first kappa shape index (κ1) is 17.1. The molecule has 4 fully saturated rings. The lowest BCUT2D eigenvalue weighted by molar-refractivity contribution is -0.143. The molecule has 1 aromatic heterocycles. The van der Waals surface area contributed by atoms with Gasteiger partial charge in [-0.3, -0.25) is 0 Å². The van der Waals surface area contributed by atoms with Crippen LogP contribution >= 0.6 is 23.2 Å². The Labute approximate surface area is 163 Å². The minimum absolute atomic E-state index is 0.0746. The molecule has 4 aliphatic carbocycles. The van der Waals surface area contributed by atoms with Crippen molar-refractivity contribution in [2.24, 2.45) is 11.8 Å². The number of hydrogen-bond donors (Lipinski definition) is 2. The van der Waals surface area contributed by atoms with Crippen LogP contribution in [0.4, 0.5) is 0 Å². The maximum atomic E-state index is 10.9. The van der Waals surface area contributed by atoms with E-state index in [-0.39, 0.29) is 5.54 Å². The van der Waals surface area contributed by atoms with Gasteiger partial charge in [-0.15, -0.1) is 0 Å². The fourth-order valence-electron chi connectivity index (χ4n) is 6.02. The maximum absolute atomic E-state index is 10.9. The minimum atomic E-state index is -0.442. The van der Waals surface area contributed by atoms with Crippen LogP contribution in [0.3, 0.4) is 0 Å². The summed E-state index contributed by atoms with van der Waals surface area (Å²) in [7, 11) is 0. The summed E-state index contributed by atoms with van der Waals surface area (Å²) < 4.78 is 6.03. The molecule has 6 rings (SSSR count). The van der Waals surface area contributed by atoms with Crippen LogP contribution in [0.15, 0.2) is 34.7 Å². The van der Waals surface area contributed by atoms with E-state index in [1.165, 1.54) is 19.3 Å². The van der Waals surface area contributed by atoms with E-state index < -0.39 is 5.60 Å². The number of nitrogens with one attached hydrogen (secondary N) is 1. The second-order valence-corrected chi connectivity index (χ2v) is 9.62. The molecule has 2 unspecified atom stereocenters. The molecule has 1 heterocycles. The van der Waals surface area contributed by atoms with Crippen molar-refractivity contribution in [2.75, 3.05) is 0 Å². The van der Waals surface area contributed by atoms with Crippen molar-refractivity contribution in [3.05, 3.63) is 46.1 Å². The van der Waals surface area contributed by atoms with Crippen LogP contribution in [0.5, 0.6) is 0 Å². The topological polar surface area (TPSA) is 45.4 Å². The summed E-state index contributed by atoms with van der Waals surface area (Å²) in [5.74, 6) is 3.03. The zero-order valence-corrected chi connectivity index (χ0v) is 16.1. The smallest absolute Gasteiger partial charge is 0.134 e. The molecule has 2 atom stereocenters. The Bertz CT molecular complexity index is 812. The molecular formula is C21H23Cl2NO2.